The number of carbonyl (C=O) groups excluding carboxylic acids is 1. The lowest BCUT2D eigenvalue weighted by atomic mass is 9.98. The average molecular weight is 540 g/mol. The standard InChI is InChI=1S/C19H15BrF5N3O3S/c20-11-1-3-12(4-2-11)32(30,31)28-7-5-10(6-8-28)19(29)27-26-9-13-14(21)16(23)18(25)17(24)15(13)22/h1-4,9-10H,5-8H2,(H,27,29). The molecule has 1 heterocycles. The van der Waals surface area contributed by atoms with Gasteiger partial charge in [0.25, 0.3) is 0 Å². The summed E-state index contributed by atoms with van der Waals surface area (Å²) in [5.41, 5.74) is 0.691. The number of nitrogens with zero attached hydrogens (tertiary/aromatic N) is 2. The van der Waals surface area contributed by atoms with Crippen molar-refractivity contribution >= 4 is 38.1 Å². The van der Waals surface area contributed by atoms with Crippen LogP contribution in [-0.4, -0.2) is 37.9 Å². The molecule has 1 fully saturated rings. The van der Waals surface area contributed by atoms with Gasteiger partial charge in [-0.05, 0) is 37.1 Å². The summed E-state index contributed by atoms with van der Waals surface area (Å²) < 4.78 is 93.9. The number of sulfonamides is 1. The van der Waals surface area contributed by atoms with Gasteiger partial charge in [-0.3, -0.25) is 4.79 Å². The monoisotopic (exact) mass is 539 g/mol. The lowest BCUT2D eigenvalue weighted by Gasteiger charge is -2.30. The summed E-state index contributed by atoms with van der Waals surface area (Å²) >= 11 is 3.23. The zero-order valence-corrected chi connectivity index (χ0v) is 18.5. The maximum atomic E-state index is 13.6. The van der Waals surface area contributed by atoms with Gasteiger partial charge in [0, 0.05) is 23.5 Å². The summed E-state index contributed by atoms with van der Waals surface area (Å²) in [4.78, 5) is 12.3. The second-order valence-electron chi connectivity index (χ2n) is 6.85. The van der Waals surface area contributed by atoms with Crippen LogP contribution in [0.5, 0.6) is 0 Å². The number of amides is 1. The van der Waals surface area contributed by atoms with E-state index in [2.05, 4.69) is 21.0 Å². The molecule has 0 aromatic heterocycles. The van der Waals surface area contributed by atoms with Crippen molar-refractivity contribution in [3.63, 3.8) is 0 Å². The molecule has 0 aliphatic carbocycles. The van der Waals surface area contributed by atoms with Crippen molar-refractivity contribution in [1.29, 1.82) is 0 Å². The first-order valence-electron chi connectivity index (χ1n) is 9.14. The third-order valence-electron chi connectivity index (χ3n) is 4.89. The summed E-state index contributed by atoms with van der Waals surface area (Å²) in [6, 6.07) is 6.09. The van der Waals surface area contributed by atoms with E-state index in [0.717, 1.165) is 4.47 Å². The third kappa shape index (κ3) is 4.84. The van der Waals surface area contributed by atoms with Crippen molar-refractivity contribution in [2.24, 2.45) is 11.0 Å². The van der Waals surface area contributed by atoms with Crippen molar-refractivity contribution < 1.29 is 35.2 Å². The Labute approximate surface area is 188 Å². The highest BCUT2D eigenvalue weighted by atomic mass is 79.9. The molecule has 0 radical (unpaired) electrons. The number of hydrazone groups is 1. The van der Waals surface area contributed by atoms with Gasteiger partial charge in [0.05, 0.1) is 16.7 Å². The molecule has 0 atom stereocenters. The molecule has 0 saturated carbocycles. The first-order valence-corrected chi connectivity index (χ1v) is 11.4. The van der Waals surface area contributed by atoms with E-state index in [4.69, 9.17) is 0 Å². The molecule has 0 unspecified atom stereocenters. The topological polar surface area (TPSA) is 78.8 Å². The Morgan fingerprint density at radius 1 is 0.969 bits per heavy atom. The van der Waals surface area contributed by atoms with Gasteiger partial charge in [-0.15, -0.1) is 0 Å². The number of rotatable bonds is 5. The Bertz CT molecular complexity index is 1140. The van der Waals surface area contributed by atoms with Crippen LogP contribution in [0.3, 0.4) is 0 Å². The number of piperidine rings is 1. The minimum Gasteiger partial charge on any atom is -0.273 e. The predicted molar refractivity (Wildman–Crippen MR) is 108 cm³/mol. The molecule has 6 nitrogen and oxygen atoms in total. The van der Waals surface area contributed by atoms with E-state index in [1.165, 1.54) is 16.4 Å². The lowest BCUT2D eigenvalue weighted by molar-refractivity contribution is -0.126. The Kier molecular flexibility index (Phi) is 7.30. The highest BCUT2D eigenvalue weighted by Gasteiger charge is 2.32. The molecular weight excluding hydrogens is 525 g/mol. The molecule has 3 rings (SSSR count). The Balaban J connectivity index is 1.61. The number of nitrogens with one attached hydrogen (secondary N) is 1. The Morgan fingerprint density at radius 2 is 1.47 bits per heavy atom. The van der Waals surface area contributed by atoms with Crippen LogP contribution in [0.15, 0.2) is 38.7 Å². The minimum atomic E-state index is -3.74. The van der Waals surface area contributed by atoms with E-state index in [1.54, 1.807) is 12.1 Å². The fraction of sp³-hybridized carbons (Fsp3) is 0.263. The van der Waals surface area contributed by atoms with Crippen molar-refractivity contribution in [1.82, 2.24) is 9.73 Å². The third-order valence-corrected chi connectivity index (χ3v) is 7.33. The molecule has 172 valence electrons. The van der Waals surface area contributed by atoms with Crippen LogP contribution < -0.4 is 5.43 Å². The fourth-order valence-electron chi connectivity index (χ4n) is 3.10. The van der Waals surface area contributed by atoms with E-state index in [-0.39, 0.29) is 30.8 Å². The molecule has 1 N–H and O–H groups in total. The van der Waals surface area contributed by atoms with Gasteiger partial charge in [0.15, 0.2) is 23.3 Å². The molecule has 0 spiro atoms. The number of hydrogen-bond donors (Lipinski definition) is 1. The van der Waals surface area contributed by atoms with Crippen LogP contribution in [0.25, 0.3) is 0 Å². The normalized spacial score (nSPS) is 15.9. The van der Waals surface area contributed by atoms with Crippen molar-refractivity contribution in [2.45, 2.75) is 17.7 Å². The van der Waals surface area contributed by atoms with Crippen LogP contribution in [0.4, 0.5) is 22.0 Å². The SMILES string of the molecule is O=C(NN=Cc1c(F)c(F)c(F)c(F)c1F)C1CCN(S(=O)(=O)c2ccc(Br)cc2)CC1. The molecule has 1 aliphatic heterocycles. The highest BCUT2D eigenvalue weighted by molar-refractivity contribution is 9.10. The van der Waals surface area contributed by atoms with Crippen LogP contribution in [0.1, 0.15) is 18.4 Å². The first-order chi connectivity index (χ1) is 15.0. The van der Waals surface area contributed by atoms with Crippen molar-refractivity contribution in [2.75, 3.05) is 13.1 Å². The molecule has 32 heavy (non-hydrogen) atoms. The molecule has 2 aromatic rings. The van der Waals surface area contributed by atoms with Gasteiger partial charge < -0.3 is 0 Å². The van der Waals surface area contributed by atoms with E-state index < -0.39 is 56.5 Å². The second kappa shape index (κ2) is 9.63. The van der Waals surface area contributed by atoms with Gasteiger partial charge in [0.2, 0.25) is 21.7 Å². The number of benzene rings is 2. The molecular formula is C19H15BrF5N3O3S. The molecule has 13 heteroatoms. The molecule has 2 aromatic carbocycles. The number of halogens is 6. The quantitative estimate of drug-likeness (QED) is 0.207. The maximum Gasteiger partial charge on any atom is 0.243 e. The van der Waals surface area contributed by atoms with Gasteiger partial charge in [-0.1, -0.05) is 15.9 Å². The molecule has 0 bridgehead atoms. The Morgan fingerprint density at radius 3 is 2.00 bits per heavy atom. The van der Waals surface area contributed by atoms with E-state index in [0.29, 0.717) is 6.21 Å². The van der Waals surface area contributed by atoms with Gasteiger partial charge in [-0.25, -0.2) is 35.8 Å². The van der Waals surface area contributed by atoms with Crippen LogP contribution in [0.2, 0.25) is 0 Å². The zero-order valence-electron chi connectivity index (χ0n) is 16.1. The largest absolute Gasteiger partial charge is 0.273 e. The summed E-state index contributed by atoms with van der Waals surface area (Å²) in [6.45, 7) is 0.107. The molecule has 1 amide bonds. The highest BCUT2D eigenvalue weighted by Crippen LogP contribution is 2.25. The van der Waals surface area contributed by atoms with Crippen LogP contribution >= 0.6 is 15.9 Å². The summed E-state index contributed by atoms with van der Waals surface area (Å²) in [6.07, 6.45) is 0.626. The summed E-state index contributed by atoms with van der Waals surface area (Å²) in [7, 11) is -3.74. The Hall–Kier alpha value is -2.38. The average Bonchev–Trinajstić information content (AvgIpc) is 2.79. The van der Waals surface area contributed by atoms with E-state index >= 15 is 0 Å². The lowest BCUT2D eigenvalue weighted by Crippen LogP contribution is -2.42. The summed E-state index contributed by atoms with van der Waals surface area (Å²) in [5, 5.41) is 3.28. The molecule has 1 saturated heterocycles. The van der Waals surface area contributed by atoms with Crippen molar-refractivity contribution in [3.8, 4) is 0 Å². The minimum absolute atomic E-state index is 0.0534. The van der Waals surface area contributed by atoms with Gasteiger partial charge >= 0.3 is 0 Å². The smallest absolute Gasteiger partial charge is 0.243 e. The maximum absolute atomic E-state index is 13.6. The van der Waals surface area contributed by atoms with Crippen LogP contribution in [0, 0.1) is 35.0 Å². The van der Waals surface area contributed by atoms with E-state index in [1.807, 2.05) is 5.43 Å². The van der Waals surface area contributed by atoms with Gasteiger partial charge in [0.1, 0.15) is 0 Å². The summed E-state index contributed by atoms with van der Waals surface area (Å²) in [5.74, 6) is -12.0. The van der Waals surface area contributed by atoms with Crippen LogP contribution in [-0.2, 0) is 14.8 Å². The predicted octanol–water partition coefficient (Wildman–Crippen LogP) is 3.70. The number of carbonyl (C=O) groups is 1. The van der Waals surface area contributed by atoms with E-state index in [9.17, 15) is 35.2 Å². The van der Waals surface area contributed by atoms with Gasteiger partial charge in [-0.2, -0.15) is 9.41 Å². The second-order valence-corrected chi connectivity index (χ2v) is 9.70. The first kappa shape index (κ1) is 24.3. The fourth-order valence-corrected chi connectivity index (χ4v) is 4.83. The molecule has 1 aliphatic rings. The number of hydrogen-bond acceptors (Lipinski definition) is 4. The zero-order chi connectivity index (χ0) is 23.6. The van der Waals surface area contributed by atoms with Crippen molar-refractivity contribution in [3.05, 3.63) is 63.4 Å².